The number of rotatable bonds is 2. The minimum Gasteiger partial charge on any atom is -0.339 e. The van der Waals surface area contributed by atoms with Crippen LogP contribution in [0.15, 0.2) is 30.5 Å². The molecule has 0 aliphatic carbocycles. The molecule has 0 aliphatic heterocycles. The number of hydrogen-bond acceptors (Lipinski definition) is 3. The quantitative estimate of drug-likeness (QED) is 0.827. The molecule has 1 aromatic heterocycles. The van der Waals surface area contributed by atoms with E-state index in [2.05, 4.69) is 15.3 Å². The number of para-hydroxylation sites is 1. The molecular weight excluding hydrogens is 245 g/mol. The lowest BCUT2D eigenvalue weighted by Gasteiger charge is -2.09. The van der Waals surface area contributed by atoms with E-state index in [1.165, 1.54) is 0 Å². The van der Waals surface area contributed by atoms with Crippen LogP contribution in [0.1, 0.15) is 5.56 Å². The molecule has 0 saturated carbocycles. The van der Waals surface area contributed by atoms with Crippen LogP contribution in [0.3, 0.4) is 0 Å². The first-order valence-corrected chi connectivity index (χ1v) is 5.43. The molecule has 3 nitrogen and oxygen atoms in total. The average molecular weight is 254 g/mol. The van der Waals surface area contributed by atoms with Crippen LogP contribution in [-0.2, 0) is 0 Å². The zero-order valence-corrected chi connectivity index (χ0v) is 10.0. The first kappa shape index (κ1) is 11.2. The van der Waals surface area contributed by atoms with Gasteiger partial charge in [-0.3, -0.25) is 0 Å². The van der Waals surface area contributed by atoms with Gasteiger partial charge < -0.3 is 5.32 Å². The van der Waals surface area contributed by atoms with Crippen molar-refractivity contribution in [3.05, 3.63) is 46.3 Å². The van der Waals surface area contributed by atoms with Crippen molar-refractivity contribution >= 4 is 34.7 Å². The number of aryl methyl sites for hydroxylation is 1. The summed E-state index contributed by atoms with van der Waals surface area (Å²) in [5, 5.41) is 3.96. The summed E-state index contributed by atoms with van der Waals surface area (Å²) in [6.07, 6.45) is 1.66. The average Bonchev–Trinajstić information content (AvgIpc) is 2.27. The Morgan fingerprint density at radius 2 is 1.94 bits per heavy atom. The van der Waals surface area contributed by atoms with E-state index in [9.17, 15) is 0 Å². The Bertz CT molecular complexity index is 514. The van der Waals surface area contributed by atoms with Crippen molar-refractivity contribution in [2.75, 3.05) is 5.32 Å². The second-order valence-electron chi connectivity index (χ2n) is 3.28. The summed E-state index contributed by atoms with van der Waals surface area (Å²) in [5.74, 6) is 0.660. The Morgan fingerprint density at radius 3 is 2.69 bits per heavy atom. The smallest absolute Gasteiger partial charge is 0.224 e. The van der Waals surface area contributed by atoms with Gasteiger partial charge in [-0.2, -0.15) is 0 Å². The first-order chi connectivity index (χ1) is 7.66. The second kappa shape index (κ2) is 4.68. The summed E-state index contributed by atoms with van der Waals surface area (Å²) in [6, 6.07) is 7.44. The van der Waals surface area contributed by atoms with Crippen LogP contribution in [-0.4, -0.2) is 9.97 Å². The van der Waals surface area contributed by atoms with E-state index < -0.39 is 0 Å². The number of nitrogens with one attached hydrogen (secondary N) is 1. The number of nitrogens with zero attached hydrogens (tertiary/aromatic N) is 2. The molecule has 0 radical (unpaired) electrons. The summed E-state index contributed by atoms with van der Waals surface area (Å²) >= 11 is 11.8. The molecule has 0 amide bonds. The minimum absolute atomic E-state index is 0.208. The maximum absolute atomic E-state index is 6.03. The number of aromatic nitrogens is 2. The summed E-state index contributed by atoms with van der Waals surface area (Å²) in [5.41, 5.74) is 1.70. The van der Waals surface area contributed by atoms with Crippen molar-refractivity contribution in [1.29, 1.82) is 0 Å². The Labute approximate surface area is 103 Å². The van der Waals surface area contributed by atoms with Crippen LogP contribution >= 0.6 is 23.2 Å². The summed E-state index contributed by atoms with van der Waals surface area (Å²) < 4.78 is 0. The maximum Gasteiger partial charge on any atom is 0.224 e. The predicted octanol–water partition coefficient (Wildman–Crippen LogP) is 3.84. The molecule has 0 aliphatic rings. The van der Waals surface area contributed by atoms with Gasteiger partial charge in [-0.05, 0) is 30.7 Å². The standard InChI is InChI=1S/C11H9Cl2N3/c1-7-6-14-11(13)16-10(7)15-9-5-3-2-4-8(9)12/h2-6H,1H3,(H,14,15,16). The van der Waals surface area contributed by atoms with E-state index in [0.29, 0.717) is 10.8 Å². The third kappa shape index (κ3) is 2.43. The fourth-order valence-corrected chi connectivity index (χ4v) is 1.55. The van der Waals surface area contributed by atoms with Gasteiger partial charge in [0.15, 0.2) is 0 Å². The number of hydrogen-bond donors (Lipinski definition) is 1. The minimum atomic E-state index is 0.208. The topological polar surface area (TPSA) is 37.8 Å². The lowest BCUT2D eigenvalue weighted by atomic mass is 10.3. The van der Waals surface area contributed by atoms with Crippen LogP contribution in [0.25, 0.3) is 0 Å². The monoisotopic (exact) mass is 253 g/mol. The molecule has 1 N–H and O–H groups in total. The molecule has 16 heavy (non-hydrogen) atoms. The van der Waals surface area contributed by atoms with Gasteiger partial charge in [-0.15, -0.1) is 0 Å². The molecule has 2 rings (SSSR count). The molecule has 0 saturated heterocycles. The highest BCUT2D eigenvalue weighted by atomic mass is 35.5. The van der Waals surface area contributed by atoms with Crippen molar-refractivity contribution in [3.63, 3.8) is 0 Å². The highest BCUT2D eigenvalue weighted by Crippen LogP contribution is 2.25. The van der Waals surface area contributed by atoms with Gasteiger partial charge in [0.1, 0.15) is 5.82 Å². The van der Waals surface area contributed by atoms with Crippen molar-refractivity contribution < 1.29 is 0 Å². The molecule has 0 bridgehead atoms. The lowest BCUT2D eigenvalue weighted by Crippen LogP contribution is -1.98. The SMILES string of the molecule is Cc1cnc(Cl)nc1Nc1ccccc1Cl. The zero-order valence-electron chi connectivity index (χ0n) is 8.54. The highest BCUT2D eigenvalue weighted by molar-refractivity contribution is 6.33. The molecule has 5 heteroatoms. The van der Waals surface area contributed by atoms with Gasteiger partial charge in [-0.1, -0.05) is 23.7 Å². The Balaban J connectivity index is 2.34. The normalized spacial score (nSPS) is 10.2. The highest BCUT2D eigenvalue weighted by Gasteiger charge is 2.04. The number of benzene rings is 1. The maximum atomic E-state index is 6.03. The van der Waals surface area contributed by atoms with Crippen LogP contribution in [0.5, 0.6) is 0 Å². The molecule has 0 spiro atoms. The number of anilines is 2. The van der Waals surface area contributed by atoms with Crippen molar-refractivity contribution in [3.8, 4) is 0 Å². The molecule has 1 heterocycles. The third-order valence-electron chi connectivity index (χ3n) is 2.07. The van der Waals surface area contributed by atoms with E-state index in [1.807, 2.05) is 31.2 Å². The predicted molar refractivity (Wildman–Crippen MR) is 66.5 cm³/mol. The van der Waals surface area contributed by atoms with E-state index in [-0.39, 0.29) is 5.28 Å². The van der Waals surface area contributed by atoms with Gasteiger partial charge in [0.05, 0.1) is 10.7 Å². The van der Waals surface area contributed by atoms with Crippen molar-refractivity contribution in [2.24, 2.45) is 0 Å². The molecular formula is C11H9Cl2N3. The van der Waals surface area contributed by atoms with Crippen molar-refractivity contribution in [2.45, 2.75) is 6.92 Å². The Hall–Kier alpha value is -1.32. The summed E-state index contributed by atoms with van der Waals surface area (Å²) in [7, 11) is 0. The van der Waals surface area contributed by atoms with E-state index >= 15 is 0 Å². The molecule has 2 aromatic rings. The van der Waals surface area contributed by atoms with Gasteiger partial charge in [0, 0.05) is 11.8 Å². The zero-order chi connectivity index (χ0) is 11.5. The number of halogens is 2. The lowest BCUT2D eigenvalue weighted by molar-refractivity contribution is 1.13. The summed E-state index contributed by atoms with van der Waals surface area (Å²) in [4.78, 5) is 7.98. The van der Waals surface area contributed by atoms with E-state index in [0.717, 1.165) is 11.3 Å². The van der Waals surface area contributed by atoms with Gasteiger partial charge in [0.2, 0.25) is 5.28 Å². The van der Waals surface area contributed by atoms with Crippen LogP contribution in [0.2, 0.25) is 10.3 Å². The first-order valence-electron chi connectivity index (χ1n) is 4.67. The van der Waals surface area contributed by atoms with Crippen LogP contribution < -0.4 is 5.32 Å². The molecule has 0 fully saturated rings. The van der Waals surface area contributed by atoms with E-state index in [1.54, 1.807) is 6.20 Å². The van der Waals surface area contributed by atoms with Crippen molar-refractivity contribution in [1.82, 2.24) is 9.97 Å². The molecule has 1 aromatic carbocycles. The Morgan fingerprint density at radius 1 is 1.19 bits per heavy atom. The van der Waals surface area contributed by atoms with Crippen LogP contribution in [0, 0.1) is 6.92 Å². The van der Waals surface area contributed by atoms with Crippen LogP contribution in [0.4, 0.5) is 11.5 Å². The van der Waals surface area contributed by atoms with E-state index in [4.69, 9.17) is 23.2 Å². The summed E-state index contributed by atoms with van der Waals surface area (Å²) in [6.45, 7) is 1.90. The fraction of sp³-hybridized carbons (Fsp3) is 0.0909. The Kier molecular flexibility index (Phi) is 3.27. The largest absolute Gasteiger partial charge is 0.339 e. The fourth-order valence-electron chi connectivity index (χ4n) is 1.24. The molecule has 0 unspecified atom stereocenters. The van der Waals surface area contributed by atoms with Gasteiger partial charge >= 0.3 is 0 Å². The molecule has 0 atom stereocenters. The van der Waals surface area contributed by atoms with Gasteiger partial charge in [-0.25, -0.2) is 9.97 Å². The third-order valence-corrected chi connectivity index (χ3v) is 2.58. The second-order valence-corrected chi connectivity index (χ2v) is 4.02. The van der Waals surface area contributed by atoms with Gasteiger partial charge in [0.25, 0.3) is 0 Å². The molecule has 82 valence electrons.